The number of anilines is 2. The van der Waals surface area contributed by atoms with Gasteiger partial charge in [0.15, 0.2) is 11.5 Å². The summed E-state index contributed by atoms with van der Waals surface area (Å²) in [6, 6.07) is 2.93. The molecule has 0 N–H and O–H groups in total. The van der Waals surface area contributed by atoms with Crippen LogP contribution in [0.15, 0.2) is 49.7 Å². The van der Waals surface area contributed by atoms with Gasteiger partial charge in [-0.15, -0.1) is 0 Å². The third-order valence-corrected chi connectivity index (χ3v) is 9.38. The summed E-state index contributed by atoms with van der Waals surface area (Å²) in [6.07, 6.45) is 7.16. The van der Waals surface area contributed by atoms with E-state index in [1.54, 1.807) is 23.3 Å². The average Bonchev–Trinajstić information content (AvgIpc) is 3.45. The number of aromatic nitrogens is 6. The van der Waals surface area contributed by atoms with Gasteiger partial charge >= 0.3 is 0 Å². The molecule has 0 bridgehead atoms. The SMILES string of the molecule is C=Cc1ncc(-c2c(C(F)F)ccc(Cl)c2F)nc1C(=O)N(COCC[Si](C)(C)C)c1cnn(Cc2cnc(N3CCC3)nc2)c1. The zero-order valence-corrected chi connectivity index (χ0v) is 27.5. The Morgan fingerprint density at radius 2 is 1.89 bits per heavy atom. The van der Waals surface area contributed by atoms with Gasteiger partial charge in [-0.1, -0.05) is 43.9 Å². The average molecular weight is 671 g/mol. The first-order chi connectivity index (χ1) is 21.9. The van der Waals surface area contributed by atoms with Crippen LogP contribution < -0.4 is 9.80 Å². The highest BCUT2D eigenvalue weighted by molar-refractivity contribution is 6.76. The lowest BCUT2D eigenvalue weighted by atomic mass is 10.0. The van der Waals surface area contributed by atoms with Crippen molar-refractivity contribution in [3.63, 3.8) is 0 Å². The van der Waals surface area contributed by atoms with Crippen molar-refractivity contribution in [3.8, 4) is 11.3 Å². The smallest absolute Gasteiger partial charge is 0.281 e. The monoisotopic (exact) mass is 670 g/mol. The van der Waals surface area contributed by atoms with Gasteiger partial charge in [-0.2, -0.15) is 5.10 Å². The van der Waals surface area contributed by atoms with Crippen LogP contribution in [0.2, 0.25) is 30.7 Å². The van der Waals surface area contributed by atoms with Gasteiger partial charge in [0.2, 0.25) is 5.95 Å². The number of rotatable bonds is 13. The van der Waals surface area contributed by atoms with Gasteiger partial charge in [-0.3, -0.25) is 19.4 Å². The molecule has 1 aliphatic heterocycles. The first-order valence-corrected chi connectivity index (χ1v) is 18.8. The first kappa shape index (κ1) is 33.2. The quantitative estimate of drug-likeness (QED) is 0.0878. The van der Waals surface area contributed by atoms with Gasteiger partial charge in [0, 0.05) is 63.1 Å². The third-order valence-electron chi connectivity index (χ3n) is 7.38. The topological polar surface area (TPSA) is 102 Å². The Balaban J connectivity index is 1.46. The number of carbonyl (C=O) groups is 1. The summed E-state index contributed by atoms with van der Waals surface area (Å²) >= 11 is 5.93. The second-order valence-corrected chi connectivity index (χ2v) is 18.1. The largest absolute Gasteiger partial charge is 0.361 e. The number of alkyl halides is 2. The zero-order chi connectivity index (χ0) is 33.0. The normalized spacial score (nSPS) is 13.2. The molecule has 46 heavy (non-hydrogen) atoms. The second-order valence-electron chi connectivity index (χ2n) is 12.0. The number of carbonyl (C=O) groups excluding carboxylic acids is 1. The number of hydrogen-bond donors (Lipinski definition) is 0. The molecule has 0 saturated carbocycles. The molecule has 1 aliphatic rings. The zero-order valence-electron chi connectivity index (χ0n) is 25.8. The van der Waals surface area contributed by atoms with Crippen molar-refractivity contribution in [3.05, 3.63) is 83.1 Å². The van der Waals surface area contributed by atoms with Crippen LogP contribution in [-0.4, -0.2) is 70.1 Å². The van der Waals surface area contributed by atoms with Crippen molar-refractivity contribution in [2.75, 3.05) is 36.2 Å². The van der Waals surface area contributed by atoms with Crippen molar-refractivity contribution in [2.24, 2.45) is 0 Å². The molecule has 1 aromatic carbocycles. The van der Waals surface area contributed by atoms with E-state index in [-0.39, 0.29) is 28.8 Å². The Morgan fingerprint density at radius 3 is 2.52 bits per heavy atom. The molecular weight excluding hydrogens is 637 g/mol. The molecule has 3 aromatic heterocycles. The van der Waals surface area contributed by atoms with Crippen molar-refractivity contribution in [1.29, 1.82) is 0 Å². The molecule has 0 atom stereocenters. The summed E-state index contributed by atoms with van der Waals surface area (Å²) in [7, 11) is -1.44. The Labute approximate surface area is 270 Å². The number of halogens is 4. The Kier molecular flexibility index (Phi) is 10.2. The summed E-state index contributed by atoms with van der Waals surface area (Å²) in [6.45, 7) is 12.8. The van der Waals surface area contributed by atoms with Crippen LogP contribution in [0.25, 0.3) is 17.3 Å². The first-order valence-electron chi connectivity index (χ1n) is 14.7. The van der Waals surface area contributed by atoms with E-state index in [0.717, 1.165) is 49.4 Å². The summed E-state index contributed by atoms with van der Waals surface area (Å²) in [5.74, 6) is -1.07. The maximum absolute atomic E-state index is 15.1. The summed E-state index contributed by atoms with van der Waals surface area (Å²) < 4.78 is 50.5. The fourth-order valence-electron chi connectivity index (χ4n) is 4.62. The lowest BCUT2D eigenvalue weighted by molar-refractivity contribution is 0.0895. The van der Waals surface area contributed by atoms with Gasteiger partial charge in [0.1, 0.15) is 6.73 Å². The van der Waals surface area contributed by atoms with E-state index in [0.29, 0.717) is 24.8 Å². The molecule has 0 spiro atoms. The molecular formula is C31H34ClF3N8O2Si. The van der Waals surface area contributed by atoms with Gasteiger partial charge in [0.25, 0.3) is 12.3 Å². The lowest BCUT2D eigenvalue weighted by Crippen LogP contribution is -2.38. The van der Waals surface area contributed by atoms with E-state index in [1.807, 2.05) is 0 Å². The van der Waals surface area contributed by atoms with Gasteiger partial charge in [-0.25, -0.2) is 28.1 Å². The molecule has 0 unspecified atom stereocenters. The van der Waals surface area contributed by atoms with Crippen molar-refractivity contribution in [1.82, 2.24) is 29.7 Å². The molecule has 1 amide bonds. The van der Waals surface area contributed by atoms with Crippen LogP contribution in [0.3, 0.4) is 0 Å². The van der Waals surface area contributed by atoms with Gasteiger partial charge in [0.05, 0.1) is 41.0 Å². The number of benzene rings is 1. The molecule has 4 aromatic rings. The summed E-state index contributed by atoms with van der Waals surface area (Å²) in [4.78, 5) is 35.0. The summed E-state index contributed by atoms with van der Waals surface area (Å²) in [5, 5.41) is 4.06. The highest BCUT2D eigenvalue weighted by Crippen LogP contribution is 2.36. The van der Waals surface area contributed by atoms with E-state index in [2.05, 4.69) is 56.2 Å². The number of nitrogens with zero attached hydrogens (tertiary/aromatic N) is 8. The maximum Gasteiger partial charge on any atom is 0.281 e. The van der Waals surface area contributed by atoms with Crippen LogP contribution in [0.1, 0.15) is 40.2 Å². The van der Waals surface area contributed by atoms with Crippen LogP contribution in [-0.2, 0) is 11.3 Å². The standard InChI is InChI=1S/C31H34ClF3N8O2Si/c1-5-24-28(40-25(16-36-24)26-22(29(34)35)7-8-23(32)27(26)33)30(44)43(19-45-11-12-46(2,3)4)21-15-39-42(18-21)17-20-13-37-31(38-14-20)41-9-6-10-41/h5,7-8,13-16,18,29H,1,6,9-12,17,19H2,2-4H3. The Bertz CT molecular complexity index is 1710. The van der Waals surface area contributed by atoms with Gasteiger partial charge in [-0.05, 0) is 24.6 Å². The Hall–Kier alpha value is -4.14. The Morgan fingerprint density at radius 1 is 1.15 bits per heavy atom. The van der Waals surface area contributed by atoms with Gasteiger partial charge < -0.3 is 9.64 Å². The minimum absolute atomic E-state index is 0.0775. The maximum atomic E-state index is 15.1. The third kappa shape index (κ3) is 7.62. The van der Waals surface area contributed by atoms with Crippen molar-refractivity contribution < 1.29 is 22.7 Å². The summed E-state index contributed by atoms with van der Waals surface area (Å²) in [5.41, 5.74) is -0.392. The fourth-order valence-corrected chi connectivity index (χ4v) is 5.53. The van der Waals surface area contributed by atoms with Crippen LogP contribution in [0.5, 0.6) is 0 Å². The fraction of sp³-hybridized carbons (Fsp3) is 0.355. The number of hydrogen-bond acceptors (Lipinski definition) is 8. The molecule has 10 nitrogen and oxygen atoms in total. The second kappa shape index (κ2) is 14.1. The van der Waals surface area contributed by atoms with Crippen LogP contribution in [0, 0.1) is 5.82 Å². The molecule has 15 heteroatoms. The highest BCUT2D eigenvalue weighted by atomic mass is 35.5. The van der Waals surface area contributed by atoms with E-state index in [1.165, 1.54) is 17.2 Å². The van der Waals surface area contributed by atoms with E-state index >= 15 is 4.39 Å². The molecule has 1 fully saturated rings. The molecule has 0 radical (unpaired) electrons. The van der Waals surface area contributed by atoms with Crippen molar-refractivity contribution >= 4 is 43.3 Å². The lowest BCUT2D eigenvalue weighted by Gasteiger charge is -2.30. The molecule has 1 saturated heterocycles. The van der Waals surface area contributed by atoms with Crippen molar-refractivity contribution in [2.45, 2.75) is 45.1 Å². The molecule has 4 heterocycles. The van der Waals surface area contributed by atoms with Crippen LogP contribution in [0.4, 0.5) is 24.8 Å². The van der Waals surface area contributed by atoms with Crippen LogP contribution >= 0.6 is 11.6 Å². The highest BCUT2D eigenvalue weighted by Gasteiger charge is 2.28. The molecule has 5 rings (SSSR count). The number of ether oxygens (including phenoxy) is 1. The number of amides is 1. The minimum atomic E-state index is -3.03. The molecule has 242 valence electrons. The van der Waals surface area contributed by atoms with E-state index in [4.69, 9.17) is 16.3 Å². The predicted octanol–water partition coefficient (Wildman–Crippen LogP) is 6.72. The van der Waals surface area contributed by atoms with E-state index in [9.17, 15) is 13.6 Å². The minimum Gasteiger partial charge on any atom is -0.361 e. The predicted molar refractivity (Wildman–Crippen MR) is 173 cm³/mol. The van der Waals surface area contributed by atoms with E-state index < -0.39 is 37.4 Å². The molecule has 0 aliphatic carbocycles.